The summed E-state index contributed by atoms with van der Waals surface area (Å²) in [6.07, 6.45) is 3.27. The number of nitrogens with zero attached hydrogens (tertiary/aromatic N) is 2. The number of amides is 1. The molecule has 0 aliphatic rings. The Morgan fingerprint density at radius 1 is 1.16 bits per heavy atom. The number of aryl methyl sites for hydroxylation is 2. The Kier molecular flexibility index (Phi) is 3.75. The van der Waals surface area contributed by atoms with Gasteiger partial charge in [0.05, 0.1) is 11.3 Å². The van der Waals surface area contributed by atoms with Crippen molar-refractivity contribution in [3.8, 4) is 0 Å². The highest BCUT2D eigenvalue weighted by Gasteiger charge is 2.12. The van der Waals surface area contributed by atoms with Crippen molar-refractivity contribution < 1.29 is 4.79 Å². The van der Waals surface area contributed by atoms with Crippen LogP contribution < -0.4 is 10.6 Å². The molecule has 2 aromatic heterocycles. The largest absolute Gasteiger partial charge is 0.387 e. The first-order valence-electron chi connectivity index (χ1n) is 5.98. The third-order valence-electron chi connectivity index (χ3n) is 2.71. The Morgan fingerprint density at radius 2 is 1.95 bits per heavy atom. The number of nitrogens with one attached hydrogen (secondary N) is 2. The van der Waals surface area contributed by atoms with Crippen molar-refractivity contribution in [3.05, 3.63) is 47.4 Å². The topological polar surface area (TPSA) is 66.9 Å². The van der Waals surface area contributed by atoms with Crippen LogP contribution in [0.15, 0.2) is 30.6 Å². The fourth-order valence-electron chi connectivity index (χ4n) is 1.67. The average Bonchev–Trinajstić information content (AvgIpc) is 2.41. The molecule has 0 unspecified atom stereocenters. The molecule has 0 saturated heterocycles. The van der Waals surface area contributed by atoms with E-state index in [1.54, 1.807) is 25.5 Å². The van der Waals surface area contributed by atoms with Crippen molar-refractivity contribution in [2.75, 3.05) is 17.7 Å². The van der Waals surface area contributed by atoms with Crippen LogP contribution >= 0.6 is 0 Å². The molecule has 0 aliphatic heterocycles. The molecule has 2 aromatic rings. The van der Waals surface area contributed by atoms with E-state index in [4.69, 9.17) is 0 Å². The summed E-state index contributed by atoms with van der Waals surface area (Å²) in [7, 11) is 1.77. The van der Waals surface area contributed by atoms with Gasteiger partial charge >= 0.3 is 0 Å². The number of carbonyl (C=O) groups is 1. The molecule has 0 saturated carbocycles. The minimum atomic E-state index is -0.229. The normalized spacial score (nSPS) is 10.1. The first-order valence-corrected chi connectivity index (χ1v) is 5.98. The molecular formula is C14H16N4O. The molecule has 2 rings (SSSR count). The summed E-state index contributed by atoms with van der Waals surface area (Å²) < 4.78 is 0. The average molecular weight is 256 g/mol. The van der Waals surface area contributed by atoms with Crippen LogP contribution in [0.5, 0.6) is 0 Å². The predicted molar refractivity (Wildman–Crippen MR) is 75.4 cm³/mol. The molecule has 0 aromatic carbocycles. The van der Waals surface area contributed by atoms with E-state index in [0.29, 0.717) is 11.4 Å². The fourth-order valence-corrected chi connectivity index (χ4v) is 1.67. The number of carbonyl (C=O) groups excluding carboxylic acids is 1. The summed E-state index contributed by atoms with van der Waals surface area (Å²) in [4.78, 5) is 20.4. The summed E-state index contributed by atoms with van der Waals surface area (Å²) in [5, 5.41) is 5.74. The van der Waals surface area contributed by atoms with Gasteiger partial charge in [-0.2, -0.15) is 0 Å². The van der Waals surface area contributed by atoms with E-state index in [0.717, 1.165) is 16.9 Å². The van der Waals surface area contributed by atoms with Gasteiger partial charge in [0, 0.05) is 25.1 Å². The van der Waals surface area contributed by atoms with E-state index in [2.05, 4.69) is 20.6 Å². The van der Waals surface area contributed by atoms with E-state index in [-0.39, 0.29) is 5.91 Å². The van der Waals surface area contributed by atoms with E-state index >= 15 is 0 Å². The van der Waals surface area contributed by atoms with Gasteiger partial charge in [0.2, 0.25) is 0 Å². The third kappa shape index (κ3) is 3.07. The number of hydrogen-bond acceptors (Lipinski definition) is 4. The third-order valence-corrected chi connectivity index (χ3v) is 2.71. The minimum absolute atomic E-state index is 0.229. The van der Waals surface area contributed by atoms with E-state index < -0.39 is 0 Å². The summed E-state index contributed by atoms with van der Waals surface area (Å²) in [5.74, 6) is 0.298. The second-order valence-electron chi connectivity index (χ2n) is 4.30. The van der Waals surface area contributed by atoms with Crippen molar-refractivity contribution in [2.45, 2.75) is 13.8 Å². The number of anilines is 2. The van der Waals surface area contributed by atoms with Crippen LogP contribution in [0.2, 0.25) is 0 Å². The highest BCUT2D eigenvalue weighted by atomic mass is 16.1. The Balaban J connectivity index is 2.22. The highest BCUT2D eigenvalue weighted by Crippen LogP contribution is 2.16. The van der Waals surface area contributed by atoms with Crippen LogP contribution in [0.4, 0.5) is 11.5 Å². The Bertz CT molecular complexity index is 593. The molecule has 98 valence electrons. The minimum Gasteiger partial charge on any atom is -0.387 e. The zero-order chi connectivity index (χ0) is 13.8. The summed E-state index contributed by atoms with van der Waals surface area (Å²) in [6.45, 7) is 3.83. The Hall–Kier alpha value is -2.43. The smallest absolute Gasteiger partial charge is 0.260 e. The van der Waals surface area contributed by atoms with Crippen LogP contribution in [0, 0.1) is 13.8 Å². The molecule has 0 bridgehead atoms. The van der Waals surface area contributed by atoms with Gasteiger partial charge in [-0.3, -0.25) is 9.78 Å². The van der Waals surface area contributed by atoms with Crippen molar-refractivity contribution >= 4 is 17.4 Å². The molecule has 0 aliphatic carbocycles. The molecule has 0 fully saturated rings. The lowest BCUT2D eigenvalue weighted by Crippen LogP contribution is -2.15. The molecule has 2 heterocycles. The van der Waals surface area contributed by atoms with Gasteiger partial charge in [0.1, 0.15) is 5.82 Å². The van der Waals surface area contributed by atoms with Gasteiger partial charge in [-0.15, -0.1) is 0 Å². The number of rotatable bonds is 3. The fraction of sp³-hybridized carbons (Fsp3) is 0.214. The van der Waals surface area contributed by atoms with Crippen LogP contribution in [0.1, 0.15) is 21.6 Å². The lowest BCUT2D eigenvalue weighted by molar-refractivity contribution is 0.102. The van der Waals surface area contributed by atoms with Crippen LogP contribution in [0.25, 0.3) is 0 Å². The van der Waals surface area contributed by atoms with Crippen molar-refractivity contribution in [1.29, 1.82) is 0 Å². The second kappa shape index (κ2) is 5.48. The zero-order valence-corrected chi connectivity index (χ0v) is 11.2. The quantitative estimate of drug-likeness (QED) is 0.884. The molecule has 2 N–H and O–H groups in total. The van der Waals surface area contributed by atoms with Crippen LogP contribution in [-0.4, -0.2) is 22.9 Å². The Labute approximate surface area is 112 Å². The van der Waals surface area contributed by atoms with E-state index in [1.807, 2.05) is 26.0 Å². The summed E-state index contributed by atoms with van der Waals surface area (Å²) in [6, 6.07) is 5.50. The van der Waals surface area contributed by atoms with Gasteiger partial charge in [0.15, 0.2) is 0 Å². The van der Waals surface area contributed by atoms with Crippen molar-refractivity contribution in [2.24, 2.45) is 0 Å². The maximum Gasteiger partial charge on any atom is 0.260 e. The van der Waals surface area contributed by atoms with Crippen molar-refractivity contribution in [3.63, 3.8) is 0 Å². The molecule has 1 amide bonds. The molecule has 0 atom stereocenters. The SMILES string of the molecule is CNc1cc(C)ncc1C(=O)Nc1ccc(C)cn1. The second-order valence-corrected chi connectivity index (χ2v) is 4.30. The first-order chi connectivity index (χ1) is 9.10. The maximum atomic E-state index is 12.2. The number of pyridine rings is 2. The molecule has 19 heavy (non-hydrogen) atoms. The Morgan fingerprint density at radius 3 is 2.58 bits per heavy atom. The van der Waals surface area contributed by atoms with Crippen LogP contribution in [0.3, 0.4) is 0 Å². The van der Waals surface area contributed by atoms with Gasteiger partial charge < -0.3 is 10.6 Å². The number of hydrogen-bond donors (Lipinski definition) is 2. The lowest BCUT2D eigenvalue weighted by Gasteiger charge is -2.09. The predicted octanol–water partition coefficient (Wildman–Crippen LogP) is 2.39. The van der Waals surface area contributed by atoms with Crippen LogP contribution in [-0.2, 0) is 0 Å². The maximum absolute atomic E-state index is 12.2. The molecule has 5 nitrogen and oxygen atoms in total. The molecule has 0 spiro atoms. The summed E-state index contributed by atoms with van der Waals surface area (Å²) in [5.41, 5.74) is 3.15. The lowest BCUT2D eigenvalue weighted by atomic mass is 10.2. The molecular weight excluding hydrogens is 240 g/mol. The summed E-state index contributed by atoms with van der Waals surface area (Å²) >= 11 is 0. The van der Waals surface area contributed by atoms with E-state index in [1.165, 1.54) is 0 Å². The van der Waals surface area contributed by atoms with E-state index in [9.17, 15) is 4.79 Å². The van der Waals surface area contributed by atoms with Gasteiger partial charge in [-0.05, 0) is 31.5 Å². The molecule has 5 heteroatoms. The highest BCUT2D eigenvalue weighted by molar-refractivity contribution is 6.07. The monoisotopic (exact) mass is 256 g/mol. The zero-order valence-electron chi connectivity index (χ0n) is 11.2. The van der Waals surface area contributed by atoms with Gasteiger partial charge in [-0.1, -0.05) is 6.07 Å². The van der Waals surface area contributed by atoms with Crippen molar-refractivity contribution in [1.82, 2.24) is 9.97 Å². The first kappa shape index (κ1) is 13.0. The molecule has 0 radical (unpaired) electrons. The number of aromatic nitrogens is 2. The van der Waals surface area contributed by atoms with Gasteiger partial charge in [0.25, 0.3) is 5.91 Å². The van der Waals surface area contributed by atoms with Gasteiger partial charge in [-0.25, -0.2) is 4.98 Å². The standard InChI is InChI=1S/C14H16N4O/c1-9-4-5-13(17-7-9)18-14(19)11-8-16-10(2)6-12(11)15-3/h4-8H,1-3H3,(H,15,16)(H,17,18,19).